The van der Waals surface area contributed by atoms with Gasteiger partial charge < -0.3 is 28.9 Å². The number of rotatable bonds is 7. The fourth-order valence-electron chi connectivity index (χ4n) is 6.02. The summed E-state index contributed by atoms with van der Waals surface area (Å²) in [7, 11) is 0. The summed E-state index contributed by atoms with van der Waals surface area (Å²) < 4.78 is 13.2. The molecule has 1 amide bonds. The molecular weight excluding hydrogens is 518 g/mol. The van der Waals surface area contributed by atoms with Gasteiger partial charge in [0.05, 0.1) is 5.52 Å². The summed E-state index contributed by atoms with van der Waals surface area (Å²) in [5.74, 6) is 1.37. The van der Waals surface area contributed by atoms with Gasteiger partial charge in [-0.1, -0.05) is 48.5 Å². The first kappa shape index (κ1) is 26.9. The standard InChI is InChI=1S/C33H35N3O5/c1-23-19-32(37)35(29-21-26(8-9-28(23)29)25-5-3-2-4-6-25)16-15-34-13-11-27(12-14-34)36(33(38)39)22-24-7-10-30-31(20-24)41-18-17-40-30/h2-10,19-21,27H,11-18,22H2,1H3,(H,38,39). The van der Waals surface area contributed by atoms with Crippen LogP contribution in [0, 0.1) is 6.92 Å². The molecule has 1 saturated heterocycles. The molecule has 41 heavy (non-hydrogen) atoms. The van der Waals surface area contributed by atoms with Crippen LogP contribution in [0.3, 0.4) is 0 Å². The van der Waals surface area contributed by atoms with Crippen LogP contribution >= 0.6 is 0 Å². The van der Waals surface area contributed by atoms with Gasteiger partial charge >= 0.3 is 6.09 Å². The van der Waals surface area contributed by atoms with E-state index in [1.807, 2.05) is 47.9 Å². The van der Waals surface area contributed by atoms with E-state index < -0.39 is 6.09 Å². The molecule has 1 N–H and O–H groups in total. The predicted octanol–water partition coefficient (Wildman–Crippen LogP) is 5.39. The zero-order valence-electron chi connectivity index (χ0n) is 23.3. The number of carbonyl (C=O) groups is 1. The highest BCUT2D eigenvalue weighted by Gasteiger charge is 2.28. The molecule has 6 rings (SSSR count). The Bertz CT molecular complexity index is 1610. The Labute approximate surface area is 239 Å². The number of ether oxygens (including phenoxy) is 2. The van der Waals surface area contributed by atoms with Crippen LogP contribution in [0.1, 0.15) is 24.0 Å². The molecule has 2 aliphatic heterocycles. The molecule has 0 spiro atoms. The lowest BCUT2D eigenvalue weighted by Crippen LogP contribution is -2.47. The summed E-state index contributed by atoms with van der Waals surface area (Å²) in [6, 6.07) is 23.9. The lowest BCUT2D eigenvalue weighted by Gasteiger charge is -2.37. The van der Waals surface area contributed by atoms with Crippen LogP contribution in [0.4, 0.5) is 4.79 Å². The van der Waals surface area contributed by atoms with E-state index in [-0.39, 0.29) is 11.6 Å². The first-order valence-corrected chi connectivity index (χ1v) is 14.3. The van der Waals surface area contributed by atoms with Gasteiger partial charge in [-0.3, -0.25) is 4.79 Å². The lowest BCUT2D eigenvalue weighted by atomic mass is 10.0. The average Bonchev–Trinajstić information content (AvgIpc) is 3.00. The number of likely N-dealkylation sites (tertiary alicyclic amines) is 1. The molecule has 0 unspecified atom stereocenters. The van der Waals surface area contributed by atoms with Crippen LogP contribution in [0.5, 0.6) is 11.5 Å². The second-order valence-corrected chi connectivity index (χ2v) is 10.9. The SMILES string of the molecule is Cc1cc(=O)n(CCN2CCC(N(Cc3ccc4c(c3)OCCO4)C(=O)O)CC2)c2cc(-c3ccccc3)ccc12. The number of benzene rings is 3. The smallest absolute Gasteiger partial charge is 0.407 e. The van der Waals surface area contributed by atoms with Crippen molar-refractivity contribution < 1.29 is 19.4 Å². The van der Waals surface area contributed by atoms with E-state index in [4.69, 9.17) is 9.47 Å². The molecule has 2 aliphatic rings. The van der Waals surface area contributed by atoms with Gasteiger partial charge in [-0.05, 0) is 60.2 Å². The zero-order valence-corrected chi connectivity index (χ0v) is 23.3. The average molecular weight is 554 g/mol. The van der Waals surface area contributed by atoms with Crippen molar-refractivity contribution in [1.29, 1.82) is 0 Å². The first-order chi connectivity index (χ1) is 20.0. The van der Waals surface area contributed by atoms with Crippen LogP contribution in [0.25, 0.3) is 22.0 Å². The Balaban J connectivity index is 1.12. The fourth-order valence-corrected chi connectivity index (χ4v) is 6.02. The van der Waals surface area contributed by atoms with Crippen LogP contribution in [-0.2, 0) is 13.1 Å². The number of carboxylic acid groups (broad SMARTS) is 1. The number of amides is 1. The number of aryl methyl sites for hydroxylation is 1. The molecule has 0 bridgehead atoms. The van der Waals surface area contributed by atoms with Crippen molar-refractivity contribution in [3.05, 3.63) is 94.3 Å². The number of hydrogen-bond acceptors (Lipinski definition) is 5. The van der Waals surface area contributed by atoms with Gasteiger partial charge in [0.1, 0.15) is 13.2 Å². The van der Waals surface area contributed by atoms with Crippen molar-refractivity contribution in [1.82, 2.24) is 14.4 Å². The van der Waals surface area contributed by atoms with Gasteiger partial charge in [0.15, 0.2) is 11.5 Å². The maximum atomic E-state index is 13.1. The third kappa shape index (κ3) is 5.79. The summed E-state index contributed by atoms with van der Waals surface area (Å²) in [5, 5.41) is 11.1. The summed E-state index contributed by atoms with van der Waals surface area (Å²) in [4.78, 5) is 29.2. The number of pyridine rings is 1. The zero-order chi connectivity index (χ0) is 28.3. The molecule has 1 fully saturated rings. The topological polar surface area (TPSA) is 84.2 Å². The second-order valence-electron chi connectivity index (χ2n) is 10.9. The van der Waals surface area contributed by atoms with Crippen LogP contribution in [-0.4, -0.2) is 64.5 Å². The summed E-state index contributed by atoms with van der Waals surface area (Å²) in [5.41, 5.74) is 5.03. The molecule has 0 atom stereocenters. The van der Waals surface area contributed by atoms with Gasteiger partial charge in [0.25, 0.3) is 5.56 Å². The molecular formula is C33H35N3O5. The van der Waals surface area contributed by atoms with E-state index in [9.17, 15) is 14.7 Å². The van der Waals surface area contributed by atoms with Crippen molar-refractivity contribution in [2.24, 2.45) is 0 Å². The molecule has 3 heterocycles. The van der Waals surface area contributed by atoms with E-state index >= 15 is 0 Å². The van der Waals surface area contributed by atoms with Crippen molar-refractivity contribution in [2.45, 2.75) is 38.9 Å². The van der Waals surface area contributed by atoms with Crippen molar-refractivity contribution in [3.8, 4) is 22.6 Å². The van der Waals surface area contributed by atoms with Crippen LogP contribution < -0.4 is 15.0 Å². The minimum atomic E-state index is -0.912. The van der Waals surface area contributed by atoms with Crippen LogP contribution in [0.2, 0.25) is 0 Å². The minimum Gasteiger partial charge on any atom is -0.486 e. The van der Waals surface area contributed by atoms with Gasteiger partial charge in [0.2, 0.25) is 0 Å². The normalized spacial score (nSPS) is 15.6. The highest BCUT2D eigenvalue weighted by atomic mass is 16.6. The van der Waals surface area contributed by atoms with E-state index in [1.54, 1.807) is 11.0 Å². The molecule has 8 heteroatoms. The molecule has 1 aromatic heterocycles. The maximum Gasteiger partial charge on any atom is 0.407 e. The molecule has 0 radical (unpaired) electrons. The molecule has 212 valence electrons. The van der Waals surface area contributed by atoms with E-state index in [0.29, 0.717) is 37.8 Å². The van der Waals surface area contributed by atoms with Crippen LogP contribution in [0.15, 0.2) is 77.6 Å². The number of aromatic nitrogens is 1. The van der Waals surface area contributed by atoms with E-state index in [2.05, 4.69) is 35.2 Å². The maximum absolute atomic E-state index is 13.1. The van der Waals surface area contributed by atoms with Gasteiger partial charge in [-0.25, -0.2) is 4.79 Å². The highest BCUT2D eigenvalue weighted by Crippen LogP contribution is 2.32. The quantitative estimate of drug-likeness (QED) is 0.330. The van der Waals surface area contributed by atoms with Gasteiger partial charge in [-0.15, -0.1) is 0 Å². The highest BCUT2D eigenvalue weighted by molar-refractivity contribution is 5.87. The minimum absolute atomic E-state index is 0.00609. The van der Waals surface area contributed by atoms with Gasteiger partial charge in [-0.2, -0.15) is 0 Å². The fraction of sp³-hybridized carbons (Fsp3) is 0.333. The van der Waals surface area contributed by atoms with E-state index in [0.717, 1.165) is 65.6 Å². The number of fused-ring (bicyclic) bond motifs is 2. The number of nitrogens with zero attached hydrogens (tertiary/aromatic N) is 3. The third-order valence-corrected chi connectivity index (χ3v) is 8.27. The Morgan fingerprint density at radius 3 is 2.41 bits per heavy atom. The first-order valence-electron chi connectivity index (χ1n) is 14.3. The largest absolute Gasteiger partial charge is 0.486 e. The van der Waals surface area contributed by atoms with Crippen molar-refractivity contribution >= 4 is 17.0 Å². The van der Waals surface area contributed by atoms with E-state index in [1.165, 1.54) is 0 Å². The number of piperidine rings is 1. The van der Waals surface area contributed by atoms with Crippen molar-refractivity contribution in [2.75, 3.05) is 32.8 Å². The molecule has 4 aromatic rings. The Kier molecular flexibility index (Phi) is 7.65. The molecule has 0 aliphatic carbocycles. The number of hydrogen-bond donors (Lipinski definition) is 1. The third-order valence-electron chi connectivity index (χ3n) is 8.27. The molecule has 8 nitrogen and oxygen atoms in total. The monoisotopic (exact) mass is 553 g/mol. The van der Waals surface area contributed by atoms with Gasteiger partial charge in [0, 0.05) is 50.2 Å². The predicted molar refractivity (Wildman–Crippen MR) is 159 cm³/mol. The summed E-state index contributed by atoms with van der Waals surface area (Å²) in [6.07, 6.45) is 0.585. The Morgan fingerprint density at radius 2 is 1.66 bits per heavy atom. The van der Waals surface area contributed by atoms with Crippen molar-refractivity contribution in [3.63, 3.8) is 0 Å². The summed E-state index contributed by atoms with van der Waals surface area (Å²) >= 11 is 0. The lowest BCUT2D eigenvalue weighted by molar-refractivity contribution is 0.0856. The summed E-state index contributed by atoms with van der Waals surface area (Å²) in [6.45, 7) is 6.19. The Morgan fingerprint density at radius 1 is 0.902 bits per heavy atom. The second kappa shape index (κ2) is 11.7. The molecule has 3 aromatic carbocycles. The Hall–Kier alpha value is -4.30. The molecule has 0 saturated carbocycles.